The second-order valence-corrected chi connectivity index (χ2v) is 8.67. The summed E-state index contributed by atoms with van der Waals surface area (Å²) in [5.74, 6) is 1.04. The topological polar surface area (TPSA) is 46.2 Å². The molecule has 20 heavy (non-hydrogen) atoms. The monoisotopic (exact) mass is 379 g/mol. The fourth-order valence-electron chi connectivity index (χ4n) is 2.75. The van der Waals surface area contributed by atoms with E-state index in [1.807, 2.05) is 0 Å². The molecule has 0 bridgehead atoms. The number of hydrogen-bond acceptors (Lipinski definition) is 2. The first-order valence-electron chi connectivity index (χ1n) is 6.77. The molecule has 3 atom stereocenters. The van der Waals surface area contributed by atoms with Gasteiger partial charge in [0.25, 0.3) is 0 Å². The summed E-state index contributed by atoms with van der Waals surface area (Å²) >= 11 is 9.16. The van der Waals surface area contributed by atoms with Gasteiger partial charge in [0.2, 0.25) is 10.0 Å². The lowest BCUT2D eigenvalue weighted by Gasteiger charge is -2.32. The molecule has 3 unspecified atom stereocenters. The van der Waals surface area contributed by atoms with E-state index in [0.717, 1.165) is 19.3 Å². The molecule has 1 N–H and O–H groups in total. The van der Waals surface area contributed by atoms with Crippen molar-refractivity contribution < 1.29 is 8.42 Å². The van der Waals surface area contributed by atoms with Gasteiger partial charge in [0.05, 0.1) is 9.92 Å². The Bertz CT molecular complexity index is 591. The first-order valence-corrected chi connectivity index (χ1v) is 9.42. The largest absolute Gasteiger partial charge is 0.240 e. The highest BCUT2D eigenvalue weighted by Gasteiger charge is 2.29. The van der Waals surface area contributed by atoms with Crippen LogP contribution in [0.3, 0.4) is 0 Å². The van der Waals surface area contributed by atoms with E-state index in [1.165, 1.54) is 6.07 Å². The van der Waals surface area contributed by atoms with Gasteiger partial charge < -0.3 is 0 Å². The molecule has 3 nitrogen and oxygen atoms in total. The third kappa shape index (κ3) is 3.75. The lowest BCUT2D eigenvalue weighted by molar-refractivity contribution is 0.249. The maximum Gasteiger partial charge on any atom is 0.240 e. The van der Waals surface area contributed by atoms with E-state index in [1.54, 1.807) is 12.1 Å². The Balaban J connectivity index is 2.16. The van der Waals surface area contributed by atoms with Gasteiger partial charge in [0.15, 0.2) is 0 Å². The molecule has 1 saturated carbocycles. The van der Waals surface area contributed by atoms with Crippen LogP contribution in [0.15, 0.2) is 27.6 Å². The van der Waals surface area contributed by atoms with E-state index >= 15 is 0 Å². The molecule has 0 amide bonds. The van der Waals surface area contributed by atoms with Gasteiger partial charge in [-0.1, -0.05) is 25.4 Å². The van der Waals surface area contributed by atoms with Gasteiger partial charge in [-0.3, -0.25) is 0 Å². The Morgan fingerprint density at radius 1 is 1.30 bits per heavy atom. The van der Waals surface area contributed by atoms with E-state index < -0.39 is 10.0 Å². The first kappa shape index (κ1) is 16.3. The first-order chi connectivity index (χ1) is 9.29. The van der Waals surface area contributed by atoms with Gasteiger partial charge in [-0.25, -0.2) is 13.1 Å². The zero-order chi connectivity index (χ0) is 14.9. The number of benzene rings is 1. The molecule has 0 aromatic heterocycles. The van der Waals surface area contributed by atoms with Crippen molar-refractivity contribution in [2.24, 2.45) is 11.8 Å². The molecule has 6 heteroatoms. The van der Waals surface area contributed by atoms with Gasteiger partial charge in [0.1, 0.15) is 0 Å². The van der Waals surface area contributed by atoms with Crippen LogP contribution in [0.1, 0.15) is 33.1 Å². The zero-order valence-electron chi connectivity index (χ0n) is 11.6. The lowest BCUT2D eigenvalue weighted by Crippen LogP contribution is -2.42. The maximum absolute atomic E-state index is 12.4. The molecule has 1 aliphatic carbocycles. The summed E-state index contributed by atoms with van der Waals surface area (Å²) in [6.45, 7) is 4.33. The Labute approximate surface area is 134 Å². The molecule has 1 aromatic rings. The van der Waals surface area contributed by atoms with Crippen molar-refractivity contribution >= 4 is 37.6 Å². The van der Waals surface area contributed by atoms with Crippen LogP contribution in [-0.2, 0) is 10.0 Å². The fourth-order valence-corrected chi connectivity index (χ4v) is 4.80. The predicted octanol–water partition coefficient (Wildman–Crippen LogP) is 4.21. The van der Waals surface area contributed by atoms with Gasteiger partial charge in [-0.05, 0) is 65.2 Å². The van der Waals surface area contributed by atoms with Crippen molar-refractivity contribution in [1.29, 1.82) is 0 Å². The number of hydrogen-bond donors (Lipinski definition) is 1. The standard InChI is InChI=1S/C14H19BrClNO2S/c1-9-3-6-14(10(2)7-9)17-20(18,19)11-4-5-13(16)12(15)8-11/h4-5,8-10,14,17H,3,6-7H2,1-2H3. The zero-order valence-corrected chi connectivity index (χ0v) is 14.7. The van der Waals surface area contributed by atoms with Crippen LogP contribution in [0.25, 0.3) is 0 Å². The lowest BCUT2D eigenvalue weighted by atomic mass is 9.80. The minimum Gasteiger partial charge on any atom is -0.208 e. The second-order valence-electron chi connectivity index (χ2n) is 5.70. The van der Waals surface area contributed by atoms with Crippen molar-refractivity contribution in [3.8, 4) is 0 Å². The number of sulfonamides is 1. The number of halogens is 2. The molecule has 1 fully saturated rings. The van der Waals surface area contributed by atoms with Crippen molar-refractivity contribution in [2.75, 3.05) is 0 Å². The van der Waals surface area contributed by atoms with Gasteiger partial charge in [0, 0.05) is 10.5 Å². The Morgan fingerprint density at radius 3 is 2.60 bits per heavy atom. The Hall–Kier alpha value is -0.100. The van der Waals surface area contributed by atoms with Gasteiger partial charge in [-0.2, -0.15) is 0 Å². The molecule has 0 aliphatic heterocycles. The highest BCUT2D eigenvalue weighted by molar-refractivity contribution is 9.10. The van der Waals surface area contributed by atoms with Gasteiger partial charge >= 0.3 is 0 Å². The van der Waals surface area contributed by atoms with Crippen molar-refractivity contribution in [1.82, 2.24) is 4.72 Å². The Morgan fingerprint density at radius 2 is 2.00 bits per heavy atom. The van der Waals surface area contributed by atoms with Crippen molar-refractivity contribution in [2.45, 2.75) is 44.0 Å². The average Bonchev–Trinajstić information content (AvgIpc) is 2.36. The normalized spacial score (nSPS) is 27.5. The SMILES string of the molecule is CC1CCC(NS(=O)(=O)c2ccc(Cl)c(Br)c2)C(C)C1. The summed E-state index contributed by atoms with van der Waals surface area (Å²) in [4.78, 5) is 0.250. The molecular weight excluding hydrogens is 362 g/mol. The highest BCUT2D eigenvalue weighted by Crippen LogP contribution is 2.30. The van der Waals surface area contributed by atoms with Gasteiger partial charge in [-0.15, -0.1) is 0 Å². The van der Waals surface area contributed by atoms with E-state index in [9.17, 15) is 8.42 Å². The highest BCUT2D eigenvalue weighted by atomic mass is 79.9. The van der Waals surface area contributed by atoms with E-state index in [4.69, 9.17) is 11.6 Å². The van der Waals surface area contributed by atoms with E-state index in [2.05, 4.69) is 34.5 Å². The van der Waals surface area contributed by atoms with Crippen LogP contribution in [0.2, 0.25) is 5.02 Å². The van der Waals surface area contributed by atoms with E-state index in [0.29, 0.717) is 21.3 Å². The quantitative estimate of drug-likeness (QED) is 0.854. The maximum atomic E-state index is 12.4. The summed E-state index contributed by atoms with van der Waals surface area (Å²) in [5.41, 5.74) is 0. The van der Waals surface area contributed by atoms with Crippen molar-refractivity contribution in [3.05, 3.63) is 27.7 Å². The summed E-state index contributed by atoms with van der Waals surface area (Å²) in [6.07, 6.45) is 3.04. The predicted molar refractivity (Wildman–Crippen MR) is 85.4 cm³/mol. The fraction of sp³-hybridized carbons (Fsp3) is 0.571. The molecule has 1 aromatic carbocycles. The summed E-state index contributed by atoms with van der Waals surface area (Å²) in [7, 11) is -3.49. The molecule has 0 heterocycles. The minimum absolute atomic E-state index is 0.0191. The van der Waals surface area contributed by atoms with Crippen molar-refractivity contribution in [3.63, 3.8) is 0 Å². The average molecular weight is 381 g/mol. The summed E-state index contributed by atoms with van der Waals surface area (Å²) in [6, 6.07) is 4.68. The van der Waals surface area contributed by atoms with Crippen LogP contribution < -0.4 is 4.72 Å². The molecule has 112 valence electrons. The number of nitrogens with one attached hydrogen (secondary N) is 1. The molecule has 2 rings (SSSR count). The molecule has 0 radical (unpaired) electrons. The van der Waals surface area contributed by atoms with Crippen LogP contribution in [-0.4, -0.2) is 14.5 Å². The molecule has 0 saturated heterocycles. The second kappa shape index (κ2) is 6.34. The third-order valence-electron chi connectivity index (χ3n) is 3.94. The third-order valence-corrected chi connectivity index (χ3v) is 6.64. The minimum atomic E-state index is -3.49. The Kier molecular flexibility index (Phi) is 5.16. The van der Waals surface area contributed by atoms with Crippen LogP contribution in [0, 0.1) is 11.8 Å². The summed E-state index contributed by atoms with van der Waals surface area (Å²) in [5, 5.41) is 0.504. The molecule has 1 aliphatic rings. The van der Waals surface area contributed by atoms with Crippen LogP contribution in [0.4, 0.5) is 0 Å². The molecule has 0 spiro atoms. The number of rotatable bonds is 3. The van der Waals surface area contributed by atoms with Crippen LogP contribution >= 0.6 is 27.5 Å². The molecular formula is C14H19BrClNO2S. The summed E-state index contributed by atoms with van der Waals surface area (Å²) < 4.78 is 28.3. The van der Waals surface area contributed by atoms with Crippen LogP contribution in [0.5, 0.6) is 0 Å². The van der Waals surface area contributed by atoms with E-state index in [-0.39, 0.29) is 10.9 Å². The smallest absolute Gasteiger partial charge is 0.208 e.